The van der Waals surface area contributed by atoms with Crippen molar-refractivity contribution in [1.82, 2.24) is 9.80 Å². The van der Waals surface area contributed by atoms with Gasteiger partial charge in [-0.1, -0.05) is 36.4 Å². The predicted octanol–water partition coefficient (Wildman–Crippen LogP) is 4.22. The number of furan rings is 1. The van der Waals surface area contributed by atoms with E-state index in [4.69, 9.17) is 4.42 Å². The molecule has 4 rings (SSSR count). The fraction of sp³-hybridized carbons (Fsp3) is 0.217. The monoisotopic (exact) mass is 422 g/mol. The van der Waals surface area contributed by atoms with Gasteiger partial charge in [0.05, 0.1) is 23.9 Å². The topological polar surface area (TPSA) is 74.0 Å². The first-order valence-corrected chi connectivity index (χ1v) is 10.4. The molecule has 0 aliphatic carbocycles. The summed E-state index contributed by atoms with van der Waals surface area (Å²) in [7, 11) is 3.89. The summed E-state index contributed by atoms with van der Waals surface area (Å²) in [4.78, 5) is 30.6. The fourth-order valence-corrected chi connectivity index (χ4v) is 4.63. The summed E-state index contributed by atoms with van der Waals surface area (Å²) in [6, 6.07) is 16.0. The number of ketones is 1. The third-order valence-corrected chi connectivity index (χ3v) is 6.21. The van der Waals surface area contributed by atoms with E-state index in [2.05, 4.69) is 0 Å². The van der Waals surface area contributed by atoms with Gasteiger partial charge in [0.2, 0.25) is 5.78 Å². The molecule has 0 radical (unpaired) electrons. The molecule has 3 aromatic rings. The molecular weight excluding hydrogens is 400 g/mol. The number of aliphatic hydroxyl groups excluding tert-OH is 1. The van der Waals surface area contributed by atoms with E-state index < -0.39 is 23.5 Å². The number of rotatable bonds is 7. The number of carbonyl (C=O) groups excluding carboxylic acids is 2. The Labute approximate surface area is 178 Å². The molecule has 2 aromatic heterocycles. The average molecular weight is 423 g/mol. The van der Waals surface area contributed by atoms with Crippen LogP contribution in [0.3, 0.4) is 0 Å². The van der Waals surface area contributed by atoms with E-state index in [0.717, 1.165) is 10.4 Å². The van der Waals surface area contributed by atoms with Crippen LogP contribution in [0.5, 0.6) is 0 Å². The van der Waals surface area contributed by atoms with Gasteiger partial charge in [-0.15, -0.1) is 11.3 Å². The van der Waals surface area contributed by atoms with Crippen LogP contribution in [0.15, 0.2) is 82.0 Å². The van der Waals surface area contributed by atoms with Gasteiger partial charge in [-0.05, 0) is 43.2 Å². The van der Waals surface area contributed by atoms with E-state index in [1.54, 1.807) is 11.0 Å². The van der Waals surface area contributed by atoms with Crippen molar-refractivity contribution < 1.29 is 19.1 Å². The molecule has 1 amide bonds. The molecule has 154 valence electrons. The molecule has 3 heterocycles. The Morgan fingerprint density at radius 2 is 1.93 bits per heavy atom. The van der Waals surface area contributed by atoms with E-state index >= 15 is 0 Å². The second kappa shape index (κ2) is 8.30. The molecule has 0 saturated heterocycles. The first kappa shape index (κ1) is 20.1. The summed E-state index contributed by atoms with van der Waals surface area (Å²) >= 11 is 1.44. The van der Waals surface area contributed by atoms with Gasteiger partial charge in [0.25, 0.3) is 5.91 Å². The first-order chi connectivity index (χ1) is 14.5. The number of hydrogen-bond acceptors (Lipinski definition) is 6. The number of thiophene rings is 1. The fourth-order valence-electron chi connectivity index (χ4n) is 3.79. The van der Waals surface area contributed by atoms with Crippen molar-refractivity contribution in [2.24, 2.45) is 0 Å². The molecule has 1 aliphatic heterocycles. The van der Waals surface area contributed by atoms with E-state index in [1.165, 1.54) is 23.7 Å². The normalized spacial score (nSPS) is 17.8. The van der Waals surface area contributed by atoms with E-state index in [9.17, 15) is 14.7 Å². The van der Waals surface area contributed by atoms with Crippen LogP contribution in [0.4, 0.5) is 0 Å². The number of amides is 1. The van der Waals surface area contributed by atoms with Crippen molar-refractivity contribution in [3.05, 3.63) is 93.8 Å². The molecule has 0 bridgehead atoms. The average Bonchev–Trinajstić information content (AvgIpc) is 3.49. The molecule has 0 spiro atoms. The van der Waals surface area contributed by atoms with Crippen LogP contribution in [0.1, 0.15) is 33.1 Å². The number of nitrogens with zero attached hydrogens (tertiary/aromatic N) is 2. The molecule has 1 aromatic carbocycles. The van der Waals surface area contributed by atoms with Gasteiger partial charge in [-0.25, -0.2) is 0 Å². The standard InChI is InChI=1S/C23H22N2O4S/c1-24(2)16(15-8-4-3-5-9-15)14-25-20(18-11-7-13-30-18)19(22(27)23(25)28)21(26)17-10-6-12-29-17/h3-13,16,20,27H,14H2,1-2H3. The molecule has 1 N–H and O–H groups in total. The molecular formula is C23H22N2O4S. The molecule has 2 atom stereocenters. The Bertz CT molecular complexity index is 1060. The highest BCUT2D eigenvalue weighted by Gasteiger charge is 2.45. The minimum absolute atomic E-state index is 0.0583. The maximum Gasteiger partial charge on any atom is 0.290 e. The zero-order valence-electron chi connectivity index (χ0n) is 16.7. The summed E-state index contributed by atoms with van der Waals surface area (Å²) in [5, 5.41) is 12.6. The summed E-state index contributed by atoms with van der Waals surface area (Å²) in [5.41, 5.74) is 1.11. The highest BCUT2D eigenvalue weighted by atomic mass is 32.1. The van der Waals surface area contributed by atoms with Crippen LogP contribution in [0.25, 0.3) is 0 Å². The Balaban J connectivity index is 1.74. The Kier molecular flexibility index (Phi) is 5.57. The van der Waals surface area contributed by atoms with Gasteiger partial charge < -0.3 is 19.3 Å². The highest BCUT2D eigenvalue weighted by Crippen LogP contribution is 2.42. The van der Waals surface area contributed by atoms with Gasteiger partial charge >= 0.3 is 0 Å². The maximum absolute atomic E-state index is 13.1. The van der Waals surface area contributed by atoms with Crippen LogP contribution < -0.4 is 0 Å². The van der Waals surface area contributed by atoms with Crippen molar-refractivity contribution in [3.63, 3.8) is 0 Å². The van der Waals surface area contributed by atoms with Gasteiger partial charge in [0.1, 0.15) is 0 Å². The lowest BCUT2D eigenvalue weighted by molar-refractivity contribution is -0.130. The Morgan fingerprint density at radius 3 is 2.53 bits per heavy atom. The molecule has 1 aliphatic rings. The zero-order valence-corrected chi connectivity index (χ0v) is 17.5. The van der Waals surface area contributed by atoms with Crippen molar-refractivity contribution in [2.45, 2.75) is 12.1 Å². The molecule has 0 fully saturated rings. The van der Waals surface area contributed by atoms with Gasteiger partial charge in [-0.3, -0.25) is 9.59 Å². The van der Waals surface area contributed by atoms with Gasteiger partial charge in [0, 0.05) is 11.4 Å². The van der Waals surface area contributed by atoms with Crippen molar-refractivity contribution >= 4 is 23.0 Å². The van der Waals surface area contributed by atoms with E-state index in [-0.39, 0.29) is 17.4 Å². The Morgan fingerprint density at radius 1 is 1.17 bits per heavy atom. The minimum Gasteiger partial charge on any atom is -0.503 e. The summed E-state index contributed by atoms with van der Waals surface area (Å²) in [6.07, 6.45) is 1.40. The number of likely N-dealkylation sites (N-methyl/N-ethyl adjacent to an activating group) is 1. The third-order valence-electron chi connectivity index (χ3n) is 5.28. The van der Waals surface area contributed by atoms with Crippen molar-refractivity contribution in [1.29, 1.82) is 0 Å². The highest BCUT2D eigenvalue weighted by molar-refractivity contribution is 7.10. The van der Waals surface area contributed by atoms with Crippen molar-refractivity contribution in [3.8, 4) is 0 Å². The van der Waals surface area contributed by atoms with Crippen LogP contribution in [0, 0.1) is 0 Å². The van der Waals surface area contributed by atoms with Crippen LogP contribution in [0.2, 0.25) is 0 Å². The minimum atomic E-state index is -0.665. The molecule has 30 heavy (non-hydrogen) atoms. The van der Waals surface area contributed by atoms with Crippen LogP contribution in [-0.2, 0) is 4.79 Å². The number of Topliss-reactive ketones (excluding diaryl/α,β-unsaturated/α-hetero) is 1. The third kappa shape index (κ3) is 3.58. The second-order valence-corrected chi connectivity index (χ2v) is 8.31. The lowest BCUT2D eigenvalue weighted by Gasteiger charge is -2.33. The molecule has 2 unspecified atom stereocenters. The lowest BCUT2D eigenvalue weighted by Crippen LogP contribution is -2.38. The van der Waals surface area contributed by atoms with Gasteiger partial charge in [0.15, 0.2) is 11.5 Å². The molecule has 6 nitrogen and oxygen atoms in total. The van der Waals surface area contributed by atoms with E-state index in [0.29, 0.717) is 6.54 Å². The van der Waals surface area contributed by atoms with E-state index in [1.807, 2.05) is 66.8 Å². The number of aliphatic hydroxyl groups is 1. The summed E-state index contributed by atoms with van der Waals surface area (Å²) < 4.78 is 5.25. The number of carbonyl (C=O) groups is 2. The summed E-state index contributed by atoms with van der Waals surface area (Å²) in [6.45, 7) is 0.317. The largest absolute Gasteiger partial charge is 0.503 e. The van der Waals surface area contributed by atoms with Crippen molar-refractivity contribution in [2.75, 3.05) is 20.6 Å². The molecule has 0 saturated carbocycles. The first-order valence-electron chi connectivity index (χ1n) is 9.56. The lowest BCUT2D eigenvalue weighted by atomic mass is 9.99. The summed E-state index contributed by atoms with van der Waals surface area (Å²) in [5.74, 6) is -1.45. The zero-order chi connectivity index (χ0) is 21.3. The number of hydrogen-bond donors (Lipinski definition) is 1. The Hall–Kier alpha value is -3.16. The smallest absolute Gasteiger partial charge is 0.290 e. The quantitative estimate of drug-likeness (QED) is 0.577. The number of benzene rings is 1. The SMILES string of the molecule is CN(C)C(CN1C(=O)C(O)=C(C(=O)c2ccco2)C1c1cccs1)c1ccccc1. The second-order valence-electron chi connectivity index (χ2n) is 7.33. The van der Waals surface area contributed by atoms with Crippen LogP contribution >= 0.6 is 11.3 Å². The maximum atomic E-state index is 13.1. The molecule has 7 heteroatoms. The van der Waals surface area contributed by atoms with Gasteiger partial charge in [-0.2, -0.15) is 0 Å². The van der Waals surface area contributed by atoms with Crippen LogP contribution in [-0.4, -0.2) is 47.2 Å². The predicted molar refractivity (Wildman–Crippen MR) is 114 cm³/mol.